The molecule has 4 rings (SSSR count). The van der Waals surface area contributed by atoms with Crippen LogP contribution in [0.15, 0.2) is 55.1 Å². The highest BCUT2D eigenvalue weighted by Crippen LogP contribution is 2.40. The summed E-state index contributed by atoms with van der Waals surface area (Å²) >= 11 is 0. The van der Waals surface area contributed by atoms with Gasteiger partial charge in [-0.15, -0.1) is 0 Å². The maximum atomic E-state index is 13.9. The number of hydrogen-bond donors (Lipinski definition) is 0. The molecule has 0 N–H and O–H groups in total. The smallest absolute Gasteiger partial charge is 0.339 e. The van der Waals surface area contributed by atoms with Crippen molar-refractivity contribution in [2.45, 2.75) is 44.6 Å². The zero-order valence-corrected chi connectivity index (χ0v) is 22.8. The standard InChI is InChI=1S/C29H27F7N4O2/c1-16-8-22(30)4-5-23(16)25-14-40(26(41)19-12-37-15-38-13-19)7-6-24(25)27(42)39(3)17(2)18-9-20(28(31,32)33)11-21(10-18)29(34,35)36/h4-5,8-13,15,17,24-25H,6-7,14H2,1-3H3/t17-,24?,25?/m1/s1. The van der Waals surface area contributed by atoms with E-state index in [-0.39, 0.29) is 42.6 Å². The van der Waals surface area contributed by atoms with Crippen LogP contribution in [0.5, 0.6) is 0 Å². The molecule has 2 heterocycles. The van der Waals surface area contributed by atoms with Gasteiger partial charge in [-0.1, -0.05) is 6.07 Å². The van der Waals surface area contributed by atoms with E-state index in [9.17, 15) is 40.3 Å². The topological polar surface area (TPSA) is 66.4 Å². The van der Waals surface area contributed by atoms with Crippen molar-refractivity contribution in [2.24, 2.45) is 5.92 Å². The number of rotatable bonds is 5. The SMILES string of the molecule is Cc1cc(F)ccc1C1CN(C(=O)c2cncnc2)CCC1C(=O)N(C)[C@H](C)c1cc(C(F)(F)F)cc(C(F)(F)F)c1. The van der Waals surface area contributed by atoms with Crippen molar-refractivity contribution in [3.05, 3.63) is 94.3 Å². The summed E-state index contributed by atoms with van der Waals surface area (Å²) in [6.45, 7) is 3.20. The Morgan fingerprint density at radius 1 is 0.976 bits per heavy atom. The largest absolute Gasteiger partial charge is 0.416 e. The van der Waals surface area contributed by atoms with Gasteiger partial charge in [-0.25, -0.2) is 14.4 Å². The van der Waals surface area contributed by atoms with E-state index in [1.807, 2.05) is 0 Å². The van der Waals surface area contributed by atoms with Crippen LogP contribution < -0.4 is 0 Å². The minimum absolute atomic E-state index is 0.0376. The first-order valence-electron chi connectivity index (χ1n) is 12.9. The number of piperidine rings is 1. The van der Waals surface area contributed by atoms with Crippen LogP contribution in [-0.4, -0.2) is 51.7 Å². The molecule has 3 atom stereocenters. The highest BCUT2D eigenvalue weighted by molar-refractivity contribution is 5.94. The fourth-order valence-corrected chi connectivity index (χ4v) is 5.29. The van der Waals surface area contributed by atoms with Gasteiger partial charge in [0.25, 0.3) is 5.91 Å². The average Bonchev–Trinajstić information content (AvgIpc) is 2.94. The molecule has 1 saturated heterocycles. The van der Waals surface area contributed by atoms with E-state index in [2.05, 4.69) is 9.97 Å². The Kier molecular flexibility index (Phi) is 8.60. The van der Waals surface area contributed by atoms with Crippen LogP contribution in [0.4, 0.5) is 30.7 Å². The Morgan fingerprint density at radius 3 is 2.12 bits per heavy atom. The third kappa shape index (κ3) is 6.55. The molecule has 3 aromatic rings. The van der Waals surface area contributed by atoms with Gasteiger partial charge in [-0.05, 0) is 67.3 Å². The summed E-state index contributed by atoms with van der Waals surface area (Å²) in [6, 6.07) is 4.12. The molecule has 42 heavy (non-hydrogen) atoms. The highest BCUT2D eigenvalue weighted by atomic mass is 19.4. The number of aryl methyl sites for hydroxylation is 1. The number of hydrogen-bond acceptors (Lipinski definition) is 4. The van der Waals surface area contributed by atoms with Gasteiger partial charge in [0.15, 0.2) is 0 Å². The van der Waals surface area contributed by atoms with Gasteiger partial charge < -0.3 is 9.80 Å². The molecule has 1 aromatic heterocycles. The van der Waals surface area contributed by atoms with Crippen LogP contribution in [-0.2, 0) is 17.1 Å². The van der Waals surface area contributed by atoms with E-state index in [0.29, 0.717) is 23.3 Å². The average molecular weight is 597 g/mol. The molecule has 0 radical (unpaired) electrons. The monoisotopic (exact) mass is 596 g/mol. The van der Waals surface area contributed by atoms with Gasteiger partial charge in [-0.2, -0.15) is 26.3 Å². The maximum Gasteiger partial charge on any atom is 0.416 e. The Hall–Kier alpha value is -4.03. The minimum atomic E-state index is -5.04. The molecule has 224 valence electrons. The number of carbonyl (C=O) groups excluding carboxylic acids is 2. The van der Waals surface area contributed by atoms with Crippen molar-refractivity contribution >= 4 is 11.8 Å². The van der Waals surface area contributed by atoms with E-state index in [1.54, 1.807) is 6.92 Å². The fraction of sp³-hybridized carbons (Fsp3) is 0.379. The summed E-state index contributed by atoms with van der Waals surface area (Å²) in [7, 11) is 1.31. The van der Waals surface area contributed by atoms with Crippen LogP contribution in [0.25, 0.3) is 0 Å². The first-order valence-corrected chi connectivity index (χ1v) is 12.9. The van der Waals surface area contributed by atoms with Gasteiger partial charge in [0.2, 0.25) is 5.91 Å². The van der Waals surface area contributed by atoms with Gasteiger partial charge in [0.05, 0.1) is 22.7 Å². The van der Waals surface area contributed by atoms with Gasteiger partial charge in [0, 0.05) is 44.4 Å². The van der Waals surface area contributed by atoms with Crippen molar-refractivity contribution < 1.29 is 40.3 Å². The molecular weight excluding hydrogens is 569 g/mol. The van der Waals surface area contributed by atoms with Crippen molar-refractivity contribution in [1.82, 2.24) is 19.8 Å². The second kappa shape index (κ2) is 11.7. The Morgan fingerprint density at radius 2 is 1.57 bits per heavy atom. The summed E-state index contributed by atoms with van der Waals surface area (Å²) < 4.78 is 94.7. The number of alkyl halides is 6. The Labute approximate surface area is 237 Å². The van der Waals surface area contributed by atoms with Crippen molar-refractivity contribution in [2.75, 3.05) is 20.1 Å². The molecule has 1 aliphatic heterocycles. The molecule has 0 saturated carbocycles. The van der Waals surface area contributed by atoms with E-state index in [4.69, 9.17) is 0 Å². The summed E-state index contributed by atoms with van der Waals surface area (Å²) in [5.74, 6) is -2.85. The molecule has 2 amide bonds. The summed E-state index contributed by atoms with van der Waals surface area (Å²) in [6.07, 6.45) is -5.95. The van der Waals surface area contributed by atoms with Crippen LogP contribution in [0.3, 0.4) is 0 Å². The second-order valence-corrected chi connectivity index (χ2v) is 10.3. The van der Waals surface area contributed by atoms with Crippen molar-refractivity contribution in [3.8, 4) is 0 Å². The van der Waals surface area contributed by atoms with Crippen LogP contribution in [0.2, 0.25) is 0 Å². The molecule has 0 bridgehead atoms. The summed E-state index contributed by atoms with van der Waals surface area (Å²) in [4.78, 5) is 37.4. The number of carbonyl (C=O) groups is 2. The van der Waals surface area contributed by atoms with Crippen LogP contribution in [0, 0.1) is 18.7 Å². The van der Waals surface area contributed by atoms with Gasteiger partial charge >= 0.3 is 12.4 Å². The molecule has 0 aliphatic carbocycles. The molecule has 2 unspecified atom stereocenters. The maximum absolute atomic E-state index is 13.9. The molecule has 2 aromatic carbocycles. The zero-order valence-electron chi connectivity index (χ0n) is 22.8. The van der Waals surface area contributed by atoms with Crippen molar-refractivity contribution in [3.63, 3.8) is 0 Å². The van der Waals surface area contributed by atoms with Crippen LogP contribution in [0.1, 0.15) is 63.5 Å². The molecular formula is C29H27F7N4O2. The molecule has 0 spiro atoms. The fourth-order valence-electron chi connectivity index (χ4n) is 5.29. The van der Waals surface area contributed by atoms with Gasteiger partial charge in [-0.3, -0.25) is 9.59 Å². The lowest BCUT2D eigenvalue weighted by atomic mass is 9.78. The lowest BCUT2D eigenvalue weighted by molar-refractivity contribution is -0.143. The van der Waals surface area contributed by atoms with Gasteiger partial charge in [0.1, 0.15) is 12.1 Å². The van der Waals surface area contributed by atoms with E-state index in [1.165, 1.54) is 55.8 Å². The first-order chi connectivity index (χ1) is 19.6. The first kappa shape index (κ1) is 30.9. The second-order valence-electron chi connectivity index (χ2n) is 10.3. The molecule has 1 fully saturated rings. The number of amides is 2. The number of halogens is 7. The molecule has 1 aliphatic rings. The van der Waals surface area contributed by atoms with E-state index < -0.39 is 53.1 Å². The van der Waals surface area contributed by atoms with Crippen molar-refractivity contribution in [1.29, 1.82) is 0 Å². The molecule has 6 nitrogen and oxygen atoms in total. The normalized spacial score (nSPS) is 18.5. The quantitative estimate of drug-likeness (QED) is 0.319. The third-order valence-corrected chi connectivity index (χ3v) is 7.68. The Bertz CT molecular complexity index is 1430. The zero-order chi connectivity index (χ0) is 31.0. The lowest BCUT2D eigenvalue weighted by Gasteiger charge is -2.41. The number of likely N-dealkylation sites (tertiary alicyclic amines) is 1. The summed E-state index contributed by atoms with van der Waals surface area (Å²) in [5, 5.41) is 0. The predicted molar refractivity (Wildman–Crippen MR) is 138 cm³/mol. The number of nitrogens with zero attached hydrogens (tertiary/aromatic N) is 4. The Balaban J connectivity index is 1.67. The highest BCUT2D eigenvalue weighted by Gasteiger charge is 2.41. The molecule has 13 heteroatoms. The van der Waals surface area contributed by atoms with E-state index >= 15 is 0 Å². The van der Waals surface area contributed by atoms with Crippen LogP contribution >= 0.6 is 0 Å². The predicted octanol–water partition coefficient (Wildman–Crippen LogP) is 6.43. The van der Waals surface area contributed by atoms with E-state index in [0.717, 1.165) is 4.90 Å². The number of benzene rings is 2. The lowest BCUT2D eigenvalue weighted by Crippen LogP contribution is -2.48. The minimum Gasteiger partial charge on any atom is -0.339 e. The summed E-state index contributed by atoms with van der Waals surface area (Å²) in [5.41, 5.74) is -1.94. The number of aromatic nitrogens is 2. The third-order valence-electron chi connectivity index (χ3n) is 7.68.